The van der Waals surface area contributed by atoms with E-state index in [-0.39, 0.29) is 11.6 Å². The van der Waals surface area contributed by atoms with Crippen molar-refractivity contribution in [2.45, 2.75) is 37.0 Å². The van der Waals surface area contributed by atoms with E-state index < -0.39 is 97.8 Å². The highest BCUT2D eigenvalue weighted by molar-refractivity contribution is 14.1. The van der Waals surface area contributed by atoms with E-state index in [1.165, 1.54) is 0 Å². The minimum atomic E-state index is -6.72. The van der Waals surface area contributed by atoms with E-state index >= 15 is 4.39 Å². The molecule has 232 valence electrons. The summed E-state index contributed by atoms with van der Waals surface area (Å²) >= 11 is 0.888. The summed E-state index contributed by atoms with van der Waals surface area (Å²) in [5.74, 6) is -4.04. The quantitative estimate of drug-likeness (QED) is 0.150. The summed E-state index contributed by atoms with van der Waals surface area (Å²) < 4.78 is 174. The largest absolute Gasteiger partial charge is 0.435 e. The SMILES string of the molecule is O=C(Nc1cccc(C(=O)Cc2c(I)cc(C(F)(C(F)(F)F)C(F)(F)F)cc2C(F)(F)F)c1F)c1ccc(C(F)F)nc1. The van der Waals surface area contributed by atoms with Crippen LogP contribution in [0.4, 0.5) is 62.8 Å². The van der Waals surface area contributed by atoms with Crippen molar-refractivity contribution in [2.75, 3.05) is 5.32 Å². The van der Waals surface area contributed by atoms with E-state index in [2.05, 4.69) is 4.98 Å². The first-order chi connectivity index (χ1) is 19.6. The maximum Gasteiger partial charge on any atom is 0.435 e. The molecule has 1 aromatic heterocycles. The minimum Gasteiger partial charge on any atom is -0.319 e. The van der Waals surface area contributed by atoms with Crippen LogP contribution in [0.25, 0.3) is 0 Å². The van der Waals surface area contributed by atoms with Gasteiger partial charge >= 0.3 is 24.2 Å². The van der Waals surface area contributed by atoms with Crippen molar-refractivity contribution in [1.29, 1.82) is 0 Å². The molecule has 4 nitrogen and oxygen atoms in total. The fourth-order valence-corrected chi connectivity index (χ4v) is 4.54. The van der Waals surface area contributed by atoms with Crippen molar-refractivity contribution in [2.24, 2.45) is 0 Å². The molecule has 0 fully saturated rings. The molecule has 3 rings (SSSR count). The Morgan fingerprint density at radius 3 is 1.98 bits per heavy atom. The molecule has 2 aromatic carbocycles. The van der Waals surface area contributed by atoms with E-state index in [9.17, 15) is 62.3 Å². The van der Waals surface area contributed by atoms with Crippen molar-refractivity contribution in [1.82, 2.24) is 4.98 Å². The maximum absolute atomic E-state index is 15.1. The number of rotatable bonds is 7. The van der Waals surface area contributed by atoms with Crippen molar-refractivity contribution < 1.29 is 66.7 Å². The van der Waals surface area contributed by atoms with Gasteiger partial charge in [0.25, 0.3) is 12.3 Å². The molecule has 0 saturated carbocycles. The summed E-state index contributed by atoms with van der Waals surface area (Å²) in [4.78, 5) is 28.5. The number of nitrogens with zero attached hydrogens (tertiary/aromatic N) is 1. The van der Waals surface area contributed by atoms with Crippen LogP contribution in [0.1, 0.15) is 49.5 Å². The molecule has 43 heavy (non-hydrogen) atoms. The zero-order valence-corrected chi connectivity index (χ0v) is 22.6. The molecule has 0 bridgehead atoms. The molecule has 1 amide bonds. The zero-order chi connectivity index (χ0) is 32.7. The van der Waals surface area contributed by atoms with Gasteiger partial charge in [0.2, 0.25) is 0 Å². The highest BCUT2D eigenvalue weighted by Crippen LogP contribution is 2.54. The monoisotopic (exact) mass is 746 g/mol. The van der Waals surface area contributed by atoms with Crippen molar-refractivity contribution in [3.8, 4) is 0 Å². The van der Waals surface area contributed by atoms with Gasteiger partial charge in [-0.2, -0.15) is 39.5 Å². The van der Waals surface area contributed by atoms with Crippen LogP contribution in [-0.4, -0.2) is 29.0 Å². The standard InChI is InChI=1S/C25H12F13IN2O2/c26-19-12(2-1-3-16(19)41-21(43)10-4-5-17(20(27)28)40-9-10)18(42)8-13-14(23(30,31)32)6-11(7-15(13)39)22(29,24(33,34)35)25(36,37)38/h1-7,9,20H,8H2,(H,41,43). The van der Waals surface area contributed by atoms with Crippen molar-refractivity contribution in [3.63, 3.8) is 0 Å². The Bertz CT molecular complexity index is 1520. The fraction of sp³-hybridized carbons (Fsp3) is 0.240. The van der Waals surface area contributed by atoms with Crippen LogP contribution in [-0.2, 0) is 18.3 Å². The van der Waals surface area contributed by atoms with Gasteiger partial charge in [-0.25, -0.2) is 17.6 Å². The highest BCUT2D eigenvalue weighted by Gasteiger charge is 2.73. The molecule has 3 aromatic rings. The summed E-state index contributed by atoms with van der Waals surface area (Å²) in [7, 11) is 0. The molecular formula is C25H12F13IN2O2. The number of halogens is 14. The number of hydrogen-bond donors (Lipinski definition) is 1. The number of hydrogen-bond acceptors (Lipinski definition) is 3. The van der Waals surface area contributed by atoms with Crippen LogP contribution in [0.3, 0.4) is 0 Å². The van der Waals surface area contributed by atoms with Crippen LogP contribution in [0.5, 0.6) is 0 Å². The first kappa shape index (κ1) is 34.0. The summed E-state index contributed by atoms with van der Waals surface area (Å²) in [5.41, 5.74) is -14.7. The second-order valence-corrected chi connectivity index (χ2v) is 9.79. The normalized spacial score (nSPS) is 12.9. The number of carbonyl (C=O) groups is 2. The molecule has 0 aliphatic heterocycles. The molecular weight excluding hydrogens is 734 g/mol. The summed E-state index contributed by atoms with van der Waals surface area (Å²) in [6, 6.07) is 3.52. The topological polar surface area (TPSA) is 59.1 Å². The predicted octanol–water partition coefficient (Wildman–Crippen LogP) is 8.75. The lowest BCUT2D eigenvalue weighted by atomic mass is 9.89. The molecule has 0 radical (unpaired) electrons. The lowest BCUT2D eigenvalue weighted by Crippen LogP contribution is -2.50. The summed E-state index contributed by atoms with van der Waals surface area (Å²) in [6.45, 7) is 0. The lowest BCUT2D eigenvalue weighted by molar-refractivity contribution is -0.348. The van der Waals surface area contributed by atoms with Gasteiger partial charge in [-0.1, -0.05) is 6.07 Å². The summed E-state index contributed by atoms with van der Waals surface area (Å²) in [5, 5.41) is 2.00. The average molecular weight is 746 g/mol. The van der Waals surface area contributed by atoms with Crippen LogP contribution in [0.15, 0.2) is 48.7 Å². The third-order valence-corrected chi connectivity index (χ3v) is 6.80. The molecule has 0 spiro atoms. The molecule has 0 aliphatic carbocycles. The van der Waals surface area contributed by atoms with E-state index in [4.69, 9.17) is 0 Å². The molecule has 0 saturated heterocycles. The third kappa shape index (κ3) is 6.87. The van der Waals surface area contributed by atoms with Gasteiger partial charge in [-0.05, 0) is 64.6 Å². The van der Waals surface area contributed by atoms with Gasteiger partial charge in [0, 0.05) is 21.8 Å². The Labute approximate surface area is 245 Å². The number of pyridine rings is 1. The Hall–Kier alpha value is -3.45. The Morgan fingerprint density at radius 1 is 0.884 bits per heavy atom. The number of amides is 1. The Morgan fingerprint density at radius 2 is 1.49 bits per heavy atom. The average Bonchev–Trinajstić information content (AvgIpc) is 2.88. The number of nitrogens with one attached hydrogen (secondary N) is 1. The number of benzene rings is 2. The molecule has 1 N–H and O–H groups in total. The third-order valence-electron chi connectivity index (χ3n) is 5.84. The predicted molar refractivity (Wildman–Crippen MR) is 131 cm³/mol. The molecule has 0 aliphatic rings. The van der Waals surface area contributed by atoms with E-state index in [1.807, 2.05) is 5.32 Å². The van der Waals surface area contributed by atoms with Crippen LogP contribution in [0.2, 0.25) is 0 Å². The summed E-state index contributed by atoms with van der Waals surface area (Å²) in [6.07, 6.45) is -22.8. The highest BCUT2D eigenvalue weighted by atomic mass is 127. The lowest BCUT2D eigenvalue weighted by Gasteiger charge is -2.31. The second kappa shape index (κ2) is 11.9. The fourth-order valence-electron chi connectivity index (χ4n) is 3.72. The first-order valence-electron chi connectivity index (χ1n) is 11.2. The number of carbonyl (C=O) groups excluding carboxylic acids is 2. The molecule has 18 heteroatoms. The van der Waals surface area contributed by atoms with E-state index in [0.29, 0.717) is 0 Å². The number of aromatic nitrogens is 1. The molecule has 1 heterocycles. The minimum absolute atomic E-state index is 0.153. The van der Waals surface area contributed by atoms with Crippen LogP contribution >= 0.6 is 22.6 Å². The number of ketones is 1. The van der Waals surface area contributed by atoms with E-state index in [1.54, 1.807) is 0 Å². The van der Waals surface area contributed by atoms with E-state index in [0.717, 1.165) is 59.1 Å². The maximum atomic E-state index is 15.1. The Kier molecular flexibility index (Phi) is 9.43. The van der Waals surface area contributed by atoms with Gasteiger partial charge in [0.1, 0.15) is 5.69 Å². The number of alkyl halides is 12. The van der Waals surface area contributed by atoms with Gasteiger partial charge in [0.15, 0.2) is 11.6 Å². The van der Waals surface area contributed by atoms with Crippen LogP contribution in [0, 0.1) is 9.39 Å². The van der Waals surface area contributed by atoms with Gasteiger partial charge < -0.3 is 5.32 Å². The van der Waals surface area contributed by atoms with Crippen molar-refractivity contribution in [3.05, 3.63) is 91.6 Å². The number of Topliss-reactive ketones (excluding diaryl/α,β-unsaturated/α-hetero) is 1. The van der Waals surface area contributed by atoms with Crippen molar-refractivity contribution >= 4 is 40.0 Å². The first-order valence-corrected chi connectivity index (χ1v) is 12.3. The Balaban J connectivity index is 2.00. The smallest absolute Gasteiger partial charge is 0.319 e. The zero-order valence-electron chi connectivity index (χ0n) is 20.5. The molecule has 0 unspecified atom stereocenters. The van der Waals surface area contributed by atoms with Gasteiger partial charge in [-0.3, -0.25) is 14.6 Å². The van der Waals surface area contributed by atoms with Gasteiger partial charge in [0.05, 0.1) is 22.4 Å². The van der Waals surface area contributed by atoms with Gasteiger partial charge in [-0.15, -0.1) is 0 Å². The molecule has 0 atom stereocenters. The number of anilines is 1. The second-order valence-electron chi connectivity index (χ2n) is 8.63. The van der Waals surface area contributed by atoms with Crippen LogP contribution < -0.4 is 5.32 Å².